The van der Waals surface area contributed by atoms with E-state index in [0.29, 0.717) is 43.3 Å². The Morgan fingerprint density at radius 3 is 2.53 bits per heavy atom. The van der Waals surface area contributed by atoms with Crippen LogP contribution < -0.4 is 15.0 Å². The number of para-hydroxylation sites is 1. The first kappa shape index (κ1) is 28.3. The molecule has 4 heterocycles. The van der Waals surface area contributed by atoms with Crippen LogP contribution in [0.1, 0.15) is 21.7 Å². The second-order valence-corrected chi connectivity index (χ2v) is 10.6. The number of halogens is 3. The highest BCUT2D eigenvalue weighted by Gasteiger charge is 2.41. The molecule has 1 aliphatic heterocycles. The van der Waals surface area contributed by atoms with E-state index >= 15 is 0 Å². The van der Waals surface area contributed by atoms with Crippen molar-refractivity contribution in [2.45, 2.75) is 12.7 Å². The number of hydrogen-bond acceptors (Lipinski definition) is 9. The van der Waals surface area contributed by atoms with Gasteiger partial charge in [-0.1, -0.05) is 18.2 Å². The molecule has 43 heavy (non-hydrogen) atoms. The van der Waals surface area contributed by atoms with Gasteiger partial charge in [-0.3, -0.25) is 14.8 Å². The number of anilines is 2. The zero-order chi connectivity index (χ0) is 29.8. The number of carbonyl (C=O) groups excluding carboxylic acids is 1. The number of aromatic amines is 1. The second kappa shape index (κ2) is 12.2. The van der Waals surface area contributed by atoms with Crippen LogP contribution in [0.2, 0.25) is 0 Å². The van der Waals surface area contributed by atoms with E-state index in [-0.39, 0.29) is 28.6 Å². The van der Waals surface area contributed by atoms with Gasteiger partial charge in [0, 0.05) is 49.9 Å². The second-order valence-electron chi connectivity index (χ2n) is 9.70. The number of aromatic nitrogens is 5. The van der Waals surface area contributed by atoms with Gasteiger partial charge in [-0.05, 0) is 36.4 Å². The van der Waals surface area contributed by atoms with Crippen LogP contribution in [0.5, 0.6) is 11.5 Å². The molecule has 0 aliphatic carbocycles. The van der Waals surface area contributed by atoms with Crippen LogP contribution in [0.4, 0.5) is 24.5 Å². The van der Waals surface area contributed by atoms with E-state index in [4.69, 9.17) is 4.74 Å². The van der Waals surface area contributed by atoms with E-state index in [1.54, 1.807) is 52.9 Å². The number of H-pyrrole nitrogens is 1. The van der Waals surface area contributed by atoms with E-state index in [0.717, 1.165) is 5.69 Å². The first-order chi connectivity index (χ1) is 20.8. The van der Waals surface area contributed by atoms with E-state index < -0.39 is 17.6 Å². The van der Waals surface area contributed by atoms with Crippen LogP contribution in [0.15, 0.2) is 78.6 Å². The van der Waals surface area contributed by atoms with Crippen LogP contribution in [0.25, 0.3) is 10.6 Å². The van der Waals surface area contributed by atoms with E-state index in [9.17, 15) is 18.0 Å². The number of nitrogens with zero attached hydrogens (tertiary/aromatic N) is 6. The van der Waals surface area contributed by atoms with E-state index in [2.05, 4.69) is 35.6 Å². The molecule has 6 rings (SSSR count). The fraction of sp³-hybridized carbons (Fsp3) is 0.207. The first-order valence-electron chi connectivity index (χ1n) is 13.3. The number of hydrogen-bond donors (Lipinski definition) is 2. The molecule has 14 heteroatoms. The van der Waals surface area contributed by atoms with Crippen LogP contribution in [0.3, 0.4) is 0 Å². The highest BCUT2D eigenvalue weighted by molar-refractivity contribution is 7.13. The maximum absolute atomic E-state index is 14.9. The Morgan fingerprint density at radius 2 is 1.84 bits per heavy atom. The number of thiazole rings is 1. The maximum atomic E-state index is 14.9. The Bertz CT molecular complexity index is 1670. The molecule has 1 aliphatic rings. The van der Waals surface area contributed by atoms with E-state index in [1.807, 2.05) is 6.07 Å². The maximum Gasteiger partial charge on any atom is 0.422 e. The summed E-state index contributed by atoms with van der Waals surface area (Å²) in [5.41, 5.74) is 0.498. The normalized spacial score (nSPS) is 14.1. The molecule has 1 amide bonds. The van der Waals surface area contributed by atoms with Gasteiger partial charge in [0.05, 0.1) is 29.5 Å². The Balaban J connectivity index is 1.33. The topological polar surface area (TPSA) is 112 Å². The summed E-state index contributed by atoms with van der Waals surface area (Å²) in [5, 5.41) is 19.3. The zero-order valence-electron chi connectivity index (χ0n) is 22.6. The van der Waals surface area contributed by atoms with Gasteiger partial charge in [0.2, 0.25) is 0 Å². The number of alkyl halides is 3. The largest absolute Gasteiger partial charge is 0.457 e. The summed E-state index contributed by atoms with van der Waals surface area (Å²) in [6.45, 7) is 2.15. The minimum absolute atomic E-state index is 0.0126. The van der Waals surface area contributed by atoms with Crippen LogP contribution >= 0.6 is 11.3 Å². The van der Waals surface area contributed by atoms with E-state index in [1.165, 1.54) is 35.9 Å². The highest BCUT2D eigenvalue weighted by atomic mass is 32.1. The minimum atomic E-state index is -4.78. The number of amides is 1. The molecule has 10 nitrogen and oxygen atoms in total. The molecule has 0 unspecified atom stereocenters. The summed E-state index contributed by atoms with van der Waals surface area (Å²) in [4.78, 5) is 21.5. The number of ether oxygens (including phenoxy) is 1. The lowest BCUT2D eigenvalue weighted by molar-refractivity contribution is -0.138. The molecule has 220 valence electrons. The third-order valence-electron chi connectivity index (χ3n) is 6.84. The summed E-state index contributed by atoms with van der Waals surface area (Å²) in [7, 11) is 0. The molecule has 1 saturated heterocycles. The minimum Gasteiger partial charge on any atom is -0.457 e. The van der Waals surface area contributed by atoms with Gasteiger partial charge >= 0.3 is 6.18 Å². The number of rotatable bonds is 8. The van der Waals surface area contributed by atoms with Crippen molar-refractivity contribution >= 4 is 28.6 Å². The quantitative estimate of drug-likeness (QED) is 0.231. The third-order valence-corrected chi connectivity index (χ3v) is 7.73. The molecule has 1 fully saturated rings. The van der Waals surface area contributed by atoms with Crippen LogP contribution in [-0.2, 0) is 12.7 Å². The molecule has 0 spiro atoms. The monoisotopic (exact) mass is 606 g/mol. The molecule has 0 atom stereocenters. The van der Waals surface area contributed by atoms with Gasteiger partial charge < -0.3 is 15.0 Å². The van der Waals surface area contributed by atoms with Gasteiger partial charge in [0.25, 0.3) is 5.91 Å². The lowest BCUT2D eigenvalue weighted by Crippen LogP contribution is -2.46. The van der Waals surface area contributed by atoms with Gasteiger partial charge in [-0.15, -0.1) is 11.3 Å². The lowest BCUT2D eigenvalue weighted by Gasteiger charge is -2.38. The Morgan fingerprint density at radius 1 is 1.02 bits per heavy atom. The van der Waals surface area contributed by atoms with Crippen molar-refractivity contribution in [1.82, 2.24) is 30.3 Å². The summed E-state index contributed by atoms with van der Waals surface area (Å²) in [6.07, 6.45) is -0.0252. The van der Waals surface area contributed by atoms with Gasteiger partial charge in [0.15, 0.2) is 0 Å². The highest BCUT2D eigenvalue weighted by Crippen LogP contribution is 2.48. The fourth-order valence-electron chi connectivity index (χ4n) is 4.83. The molecule has 0 saturated carbocycles. The molecule has 2 N–H and O–H groups in total. The molecule has 0 bridgehead atoms. The molecular formula is C29H25F3N8O2S. The number of carbonyl (C=O) groups is 1. The van der Waals surface area contributed by atoms with Gasteiger partial charge in [-0.25, -0.2) is 4.98 Å². The summed E-state index contributed by atoms with van der Waals surface area (Å²) < 4.78 is 50.3. The van der Waals surface area contributed by atoms with Crippen molar-refractivity contribution in [2.75, 3.05) is 36.4 Å². The van der Waals surface area contributed by atoms with Gasteiger partial charge in [-0.2, -0.15) is 28.5 Å². The standard InChI is InChI=1S/C29H25F3N8O2S/c30-29(31,32)25-24(42-21-4-2-1-3-5-21)7-6-22(26(25)40-14-12-39(13-15-40)17-20-9-11-34-38-20)36-27(41)23-18-43-28(37-23)19-8-10-33-35-16-19/h1-11,16,18H,12-15,17H2,(H,34,38)(H,36,41). The average molecular weight is 607 g/mol. The number of piperazine rings is 1. The smallest absolute Gasteiger partial charge is 0.422 e. The number of nitrogens with one attached hydrogen (secondary N) is 2. The van der Waals surface area contributed by atoms with Crippen molar-refractivity contribution in [3.8, 4) is 22.1 Å². The summed E-state index contributed by atoms with van der Waals surface area (Å²) in [6, 6.07) is 14.5. The Kier molecular flexibility index (Phi) is 8.03. The Hall–Kier alpha value is -4.82. The first-order valence-corrected chi connectivity index (χ1v) is 14.2. The van der Waals surface area contributed by atoms with Crippen LogP contribution in [-0.4, -0.2) is 62.4 Å². The molecule has 5 aromatic rings. The fourth-order valence-corrected chi connectivity index (χ4v) is 5.62. The van der Waals surface area contributed by atoms with Crippen LogP contribution in [0, 0.1) is 0 Å². The van der Waals surface area contributed by atoms with Crippen molar-refractivity contribution in [3.63, 3.8) is 0 Å². The predicted octanol–water partition coefficient (Wildman–Crippen LogP) is 5.71. The Labute approximate surface area is 248 Å². The molecule has 3 aromatic heterocycles. The SMILES string of the molecule is O=C(Nc1ccc(Oc2ccccc2)c(C(F)(F)F)c1N1CCN(Cc2cc[nH]n2)CC1)c1csc(-c2ccnnc2)n1. The summed E-state index contributed by atoms with van der Waals surface area (Å²) >= 11 is 1.22. The average Bonchev–Trinajstić information content (AvgIpc) is 3.72. The van der Waals surface area contributed by atoms with Crippen molar-refractivity contribution in [1.29, 1.82) is 0 Å². The predicted molar refractivity (Wildman–Crippen MR) is 155 cm³/mol. The molecule has 0 radical (unpaired) electrons. The van der Waals surface area contributed by atoms with Crippen molar-refractivity contribution in [2.24, 2.45) is 0 Å². The van der Waals surface area contributed by atoms with Gasteiger partial charge in [0.1, 0.15) is 27.8 Å². The summed E-state index contributed by atoms with van der Waals surface area (Å²) in [5.74, 6) is -0.722. The van der Waals surface area contributed by atoms with Crippen molar-refractivity contribution < 1.29 is 22.7 Å². The third kappa shape index (κ3) is 6.49. The number of benzene rings is 2. The lowest BCUT2D eigenvalue weighted by atomic mass is 10.1. The zero-order valence-corrected chi connectivity index (χ0v) is 23.4. The molecule has 2 aromatic carbocycles. The van der Waals surface area contributed by atoms with Crippen molar-refractivity contribution in [3.05, 3.63) is 95.5 Å². The molecular weight excluding hydrogens is 581 g/mol.